The molecule has 5 heterocycles. The summed E-state index contributed by atoms with van der Waals surface area (Å²) >= 11 is 1.63. The Morgan fingerprint density at radius 1 is 1.11 bits per heavy atom. The monoisotopic (exact) mass is 373 g/mol. The topological polar surface area (TPSA) is 92.3 Å². The number of H-pyrrole nitrogens is 1. The molecule has 1 atom stereocenters. The minimum absolute atomic E-state index is 0.0476. The van der Waals surface area contributed by atoms with Crippen LogP contribution < -0.4 is 5.32 Å². The van der Waals surface area contributed by atoms with Crippen LogP contribution in [0.1, 0.15) is 18.5 Å². The molecular formula is C19H15N7S. The number of hydrogen-bond donors (Lipinski definition) is 2. The van der Waals surface area contributed by atoms with E-state index in [-0.39, 0.29) is 6.04 Å². The van der Waals surface area contributed by atoms with E-state index in [2.05, 4.69) is 54.7 Å². The van der Waals surface area contributed by atoms with E-state index in [9.17, 15) is 0 Å². The maximum Gasteiger partial charge on any atom is 0.162 e. The maximum absolute atomic E-state index is 4.88. The van der Waals surface area contributed by atoms with Crippen molar-refractivity contribution in [3.05, 3.63) is 60.1 Å². The fourth-order valence-electron chi connectivity index (χ4n) is 3.11. The van der Waals surface area contributed by atoms with E-state index in [0.29, 0.717) is 17.0 Å². The second kappa shape index (κ2) is 6.40. The summed E-state index contributed by atoms with van der Waals surface area (Å²) in [5.74, 6) is 0.686. The summed E-state index contributed by atoms with van der Waals surface area (Å²) in [5, 5.41) is 6.63. The summed E-state index contributed by atoms with van der Waals surface area (Å²) in [7, 11) is 0. The van der Waals surface area contributed by atoms with Crippen LogP contribution in [0.5, 0.6) is 0 Å². The van der Waals surface area contributed by atoms with E-state index in [4.69, 9.17) is 4.98 Å². The zero-order valence-electron chi connectivity index (χ0n) is 14.4. The molecule has 0 aliphatic heterocycles. The lowest BCUT2D eigenvalue weighted by molar-refractivity contribution is 0.872. The molecule has 0 aliphatic carbocycles. The van der Waals surface area contributed by atoms with Gasteiger partial charge in [0, 0.05) is 17.1 Å². The highest BCUT2D eigenvalue weighted by Gasteiger charge is 2.18. The van der Waals surface area contributed by atoms with Crippen LogP contribution in [-0.2, 0) is 0 Å². The summed E-state index contributed by atoms with van der Waals surface area (Å²) in [4.78, 5) is 26.3. The first-order valence-corrected chi connectivity index (χ1v) is 9.38. The Morgan fingerprint density at radius 2 is 2.07 bits per heavy atom. The van der Waals surface area contributed by atoms with Gasteiger partial charge in [-0.05, 0) is 36.6 Å². The van der Waals surface area contributed by atoms with E-state index in [0.717, 1.165) is 27.2 Å². The van der Waals surface area contributed by atoms with Gasteiger partial charge in [0.1, 0.15) is 16.7 Å². The number of aromatic nitrogens is 6. The smallest absolute Gasteiger partial charge is 0.162 e. The van der Waals surface area contributed by atoms with Crippen molar-refractivity contribution >= 4 is 38.5 Å². The standard InChI is InChI=1S/C19H15N7S/c1-11(25-18-16-17(22-9-21-16)23-10-24-18)13-8-12-5-7-27-19(12)26-15(13)14-4-2-3-6-20-14/h2-11H,1H3,(H2,21,22,23,24,25)/t11-/m0/s1. The van der Waals surface area contributed by atoms with E-state index >= 15 is 0 Å². The normalized spacial score (nSPS) is 12.5. The number of hydrogen-bond acceptors (Lipinski definition) is 7. The largest absolute Gasteiger partial charge is 0.362 e. The Balaban J connectivity index is 1.61. The predicted octanol–water partition coefficient (Wildman–Crippen LogP) is 4.20. The van der Waals surface area contributed by atoms with Crippen molar-refractivity contribution in [2.24, 2.45) is 0 Å². The SMILES string of the molecule is C[C@H](Nc1ncnc2[nH]cnc12)c1cc2ccsc2nc1-c1ccccn1. The fraction of sp³-hybridized carbons (Fsp3) is 0.105. The van der Waals surface area contributed by atoms with Crippen molar-refractivity contribution in [2.75, 3.05) is 5.32 Å². The third-order valence-electron chi connectivity index (χ3n) is 4.42. The molecule has 0 aromatic carbocycles. The second-order valence-electron chi connectivity index (χ2n) is 6.14. The van der Waals surface area contributed by atoms with Gasteiger partial charge in [-0.15, -0.1) is 11.3 Å². The quantitative estimate of drug-likeness (QED) is 0.490. The average Bonchev–Trinajstić information content (AvgIpc) is 3.37. The Morgan fingerprint density at radius 3 is 2.96 bits per heavy atom. The van der Waals surface area contributed by atoms with E-state index in [1.54, 1.807) is 23.9 Å². The van der Waals surface area contributed by atoms with Crippen molar-refractivity contribution in [3.63, 3.8) is 0 Å². The molecule has 27 heavy (non-hydrogen) atoms. The molecule has 5 aromatic heterocycles. The van der Waals surface area contributed by atoms with Gasteiger partial charge >= 0.3 is 0 Å². The minimum atomic E-state index is -0.0476. The molecule has 0 aliphatic rings. The fourth-order valence-corrected chi connectivity index (χ4v) is 3.86. The number of imidazole rings is 1. The molecule has 0 fully saturated rings. The summed E-state index contributed by atoms with van der Waals surface area (Å²) in [6.45, 7) is 2.09. The maximum atomic E-state index is 4.88. The van der Waals surface area contributed by atoms with Crippen molar-refractivity contribution in [1.29, 1.82) is 0 Å². The first kappa shape index (κ1) is 15.8. The molecule has 132 valence electrons. The molecule has 7 nitrogen and oxygen atoms in total. The lowest BCUT2D eigenvalue weighted by Crippen LogP contribution is -2.11. The van der Waals surface area contributed by atoms with Gasteiger partial charge in [-0.3, -0.25) is 4.98 Å². The number of pyridine rings is 2. The molecule has 8 heteroatoms. The number of nitrogens with zero attached hydrogens (tertiary/aromatic N) is 5. The zero-order valence-corrected chi connectivity index (χ0v) is 15.2. The summed E-state index contributed by atoms with van der Waals surface area (Å²) in [6.07, 6.45) is 4.93. The van der Waals surface area contributed by atoms with Gasteiger partial charge in [0.15, 0.2) is 11.5 Å². The van der Waals surface area contributed by atoms with Gasteiger partial charge in [0.2, 0.25) is 0 Å². The summed E-state index contributed by atoms with van der Waals surface area (Å²) < 4.78 is 0. The third kappa shape index (κ3) is 2.80. The zero-order chi connectivity index (χ0) is 18.2. The number of rotatable bonds is 4. The number of aromatic amines is 1. The Kier molecular flexibility index (Phi) is 3.75. The molecule has 0 bridgehead atoms. The Bertz CT molecular complexity index is 1230. The Labute approximate surface area is 158 Å². The predicted molar refractivity (Wildman–Crippen MR) is 107 cm³/mol. The van der Waals surface area contributed by atoms with Gasteiger partial charge < -0.3 is 10.3 Å². The van der Waals surface area contributed by atoms with Crippen LogP contribution in [0, 0.1) is 0 Å². The van der Waals surface area contributed by atoms with Crippen molar-refractivity contribution in [2.45, 2.75) is 13.0 Å². The van der Waals surface area contributed by atoms with Crippen LogP contribution in [0.25, 0.3) is 32.8 Å². The molecule has 5 aromatic rings. The molecular weight excluding hydrogens is 358 g/mol. The second-order valence-corrected chi connectivity index (χ2v) is 7.04. The van der Waals surface area contributed by atoms with Gasteiger partial charge in [0.05, 0.1) is 23.8 Å². The number of anilines is 1. The molecule has 5 rings (SSSR count). The third-order valence-corrected chi connectivity index (χ3v) is 5.24. The van der Waals surface area contributed by atoms with E-state index < -0.39 is 0 Å². The molecule has 2 N–H and O–H groups in total. The Hall–Kier alpha value is -3.39. The molecule has 0 amide bonds. The van der Waals surface area contributed by atoms with Crippen LogP contribution in [0.4, 0.5) is 5.82 Å². The van der Waals surface area contributed by atoms with Crippen molar-refractivity contribution in [3.8, 4) is 11.4 Å². The molecule has 0 saturated heterocycles. The molecule has 0 radical (unpaired) electrons. The first-order chi connectivity index (χ1) is 13.3. The van der Waals surface area contributed by atoms with Crippen molar-refractivity contribution in [1.82, 2.24) is 29.9 Å². The van der Waals surface area contributed by atoms with Gasteiger partial charge in [-0.25, -0.2) is 19.9 Å². The highest BCUT2D eigenvalue weighted by Crippen LogP contribution is 2.32. The van der Waals surface area contributed by atoms with Crippen LogP contribution in [0.3, 0.4) is 0 Å². The van der Waals surface area contributed by atoms with Crippen LogP contribution >= 0.6 is 11.3 Å². The minimum Gasteiger partial charge on any atom is -0.362 e. The van der Waals surface area contributed by atoms with Crippen LogP contribution in [0.15, 0.2) is 54.6 Å². The lowest BCUT2D eigenvalue weighted by atomic mass is 10.0. The number of fused-ring (bicyclic) bond motifs is 2. The van der Waals surface area contributed by atoms with Crippen LogP contribution in [-0.4, -0.2) is 29.9 Å². The van der Waals surface area contributed by atoms with E-state index in [1.165, 1.54) is 6.33 Å². The van der Waals surface area contributed by atoms with Gasteiger partial charge in [-0.1, -0.05) is 6.07 Å². The van der Waals surface area contributed by atoms with Gasteiger partial charge in [0.25, 0.3) is 0 Å². The highest BCUT2D eigenvalue weighted by atomic mass is 32.1. The number of nitrogens with one attached hydrogen (secondary N) is 2. The average molecular weight is 373 g/mol. The number of thiophene rings is 1. The van der Waals surface area contributed by atoms with Gasteiger partial charge in [-0.2, -0.15) is 0 Å². The van der Waals surface area contributed by atoms with E-state index in [1.807, 2.05) is 18.2 Å². The lowest BCUT2D eigenvalue weighted by Gasteiger charge is -2.18. The molecule has 0 unspecified atom stereocenters. The molecule has 0 spiro atoms. The first-order valence-electron chi connectivity index (χ1n) is 8.50. The van der Waals surface area contributed by atoms with Crippen molar-refractivity contribution < 1.29 is 0 Å². The summed E-state index contributed by atoms with van der Waals surface area (Å²) in [6, 6.07) is 10.1. The highest BCUT2D eigenvalue weighted by molar-refractivity contribution is 7.16. The molecule has 0 saturated carbocycles. The summed E-state index contributed by atoms with van der Waals surface area (Å²) in [5.41, 5.74) is 4.20. The van der Waals surface area contributed by atoms with Crippen LogP contribution in [0.2, 0.25) is 0 Å².